The average molecular weight is 332 g/mol. The normalized spacial score (nSPS) is 22.3. The first-order valence-electron chi connectivity index (χ1n) is 7.57. The topological polar surface area (TPSA) is 72.0 Å². The fraction of sp³-hybridized carbons (Fsp3) is 0.857. The van der Waals surface area contributed by atoms with E-state index in [0.29, 0.717) is 17.2 Å². The zero-order chi connectivity index (χ0) is 15.5. The second kappa shape index (κ2) is 6.71. The van der Waals surface area contributed by atoms with Gasteiger partial charge in [0.15, 0.2) is 9.84 Å². The molecular weight excluding hydrogens is 306 g/mol. The molecule has 120 valence electrons. The molecule has 0 bridgehead atoms. The molecule has 0 amide bonds. The minimum Gasteiger partial charge on any atom is -0.312 e. The van der Waals surface area contributed by atoms with Crippen molar-refractivity contribution in [3.63, 3.8) is 0 Å². The first kappa shape index (κ1) is 16.8. The molecule has 1 aromatic rings. The van der Waals surface area contributed by atoms with Crippen molar-refractivity contribution in [2.45, 2.75) is 63.7 Å². The van der Waals surface area contributed by atoms with Crippen LogP contribution in [0.2, 0.25) is 0 Å². The summed E-state index contributed by atoms with van der Waals surface area (Å²) in [6.45, 7) is 7.36. The van der Waals surface area contributed by atoms with Crippen LogP contribution in [-0.2, 0) is 16.3 Å². The summed E-state index contributed by atoms with van der Waals surface area (Å²) in [5.74, 6) is 0.294. The molecule has 0 aromatic carbocycles. The van der Waals surface area contributed by atoms with E-state index < -0.39 is 15.1 Å². The lowest BCUT2D eigenvalue weighted by Gasteiger charge is -2.20. The Balaban J connectivity index is 1.89. The quantitative estimate of drug-likeness (QED) is 0.839. The molecule has 1 aliphatic heterocycles. The molecule has 1 aliphatic rings. The summed E-state index contributed by atoms with van der Waals surface area (Å²) in [6, 6.07) is 0. The summed E-state index contributed by atoms with van der Waals surface area (Å²) in [6.07, 6.45) is 4.29. The molecule has 0 radical (unpaired) electrons. The third-order valence-corrected chi connectivity index (χ3v) is 6.99. The number of aromatic nitrogens is 2. The van der Waals surface area contributed by atoms with E-state index in [-0.39, 0.29) is 5.54 Å². The van der Waals surface area contributed by atoms with Gasteiger partial charge in [-0.15, -0.1) is 21.5 Å². The van der Waals surface area contributed by atoms with E-state index in [2.05, 4.69) is 36.3 Å². The summed E-state index contributed by atoms with van der Waals surface area (Å²) in [4.78, 5) is 0. The van der Waals surface area contributed by atoms with Gasteiger partial charge in [-0.3, -0.25) is 0 Å². The van der Waals surface area contributed by atoms with Crippen LogP contribution in [0.3, 0.4) is 0 Å². The Kier molecular flexibility index (Phi) is 5.38. The molecule has 0 saturated carbocycles. The molecular formula is C14H25N3O2S2. The van der Waals surface area contributed by atoms with Gasteiger partial charge in [-0.25, -0.2) is 8.42 Å². The zero-order valence-electron chi connectivity index (χ0n) is 13.1. The maximum atomic E-state index is 12.1. The van der Waals surface area contributed by atoms with Gasteiger partial charge in [-0.2, -0.15) is 0 Å². The van der Waals surface area contributed by atoms with Crippen LogP contribution >= 0.6 is 11.3 Å². The number of rotatable bonds is 5. The largest absolute Gasteiger partial charge is 0.312 e. The third-order valence-electron chi connectivity index (χ3n) is 3.56. The van der Waals surface area contributed by atoms with E-state index in [9.17, 15) is 8.42 Å². The lowest BCUT2D eigenvalue weighted by Crippen LogP contribution is -2.36. The minimum atomic E-state index is -3.01. The van der Waals surface area contributed by atoms with Crippen LogP contribution in [0, 0.1) is 0 Å². The standard InChI is InChI=1S/C14H25N3O2S2/c1-14(2,3)15-9-6-8-12-16-17-13(20-12)11-7-4-5-10-21(11,18)19/h11,15H,4-10H2,1-3H3. The van der Waals surface area contributed by atoms with Crippen LogP contribution in [-0.4, -0.2) is 36.5 Å². The maximum Gasteiger partial charge on any atom is 0.159 e. The van der Waals surface area contributed by atoms with Gasteiger partial charge in [0.25, 0.3) is 0 Å². The molecule has 1 saturated heterocycles. The van der Waals surface area contributed by atoms with Crippen molar-refractivity contribution in [3.8, 4) is 0 Å². The van der Waals surface area contributed by atoms with Crippen molar-refractivity contribution in [1.29, 1.82) is 0 Å². The van der Waals surface area contributed by atoms with Gasteiger partial charge in [0.1, 0.15) is 15.3 Å². The van der Waals surface area contributed by atoms with Crippen LogP contribution in [0.25, 0.3) is 0 Å². The minimum absolute atomic E-state index is 0.127. The van der Waals surface area contributed by atoms with Crippen molar-refractivity contribution < 1.29 is 8.42 Å². The molecule has 1 unspecified atom stereocenters. The summed E-state index contributed by atoms with van der Waals surface area (Å²) >= 11 is 1.47. The highest BCUT2D eigenvalue weighted by atomic mass is 32.2. The molecule has 0 spiro atoms. The van der Waals surface area contributed by atoms with Crippen LogP contribution < -0.4 is 5.32 Å². The van der Waals surface area contributed by atoms with Gasteiger partial charge in [-0.05, 0) is 46.6 Å². The highest BCUT2D eigenvalue weighted by Crippen LogP contribution is 2.34. The van der Waals surface area contributed by atoms with Gasteiger partial charge in [0, 0.05) is 12.0 Å². The van der Waals surface area contributed by atoms with Gasteiger partial charge in [0.2, 0.25) is 0 Å². The van der Waals surface area contributed by atoms with Gasteiger partial charge in [0.05, 0.1) is 5.75 Å². The molecule has 7 heteroatoms. The molecule has 21 heavy (non-hydrogen) atoms. The van der Waals surface area contributed by atoms with E-state index in [0.717, 1.165) is 37.2 Å². The average Bonchev–Trinajstić information content (AvgIpc) is 2.81. The van der Waals surface area contributed by atoms with E-state index in [1.165, 1.54) is 11.3 Å². The molecule has 2 rings (SSSR count). The smallest absolute Gasteiger partial charge is 0.159 e. The molecule has 1 atom stereocenters. The summed E-state index contributed by atoms with van der Waals surface area (Å²) < 4.78 is 24.2. The third kappa shape index (κ3) is 5.00. The summed E-state index contributed by atoms with van der Waals surface area (Å²) in [5.41, 5.74) is 0.127. The van der Waals surface area contributed by atoms with Crippen LogP contribution in [0.1, 0.15) is 61.7 Å². The number of aryl methyl sites for hydroxylation is 1. The van der Waals surface area contributed by atoms with E-state index in [4.69, 9.17) is 0 Å². The molecule has 1 aromatic heterocycles. The Morgan fingerprint density at radius 3 is 2.71 bits per heavy atom. The monoisotopic (exact) mass is 331 g/mol. The fourth-order valence-corrected chi connectivity index (χ4v) is 5.69. The first-order valence-corrected chi connectivity index (χ1v) is 10.1. The number of hydrogen-bond donors (Lipinski definition) is 1. The van der Waals surface area contributed by atoms with Gasteiger partial charge < -0.3 is 5.32 Å². The molecule has 2 heterocycles. The molecule has 1 fully saturated rings. The second-order valence-electron chi connectivity index (χ2n) is 6.67. The van der Waals surface area contributed by atoms with Crippen molar-refractivity contribution >= 4 is 21.2 Å². The first-order chi connectivity index (χ1) is 9.78. The van der Waals surface area contributed by atoms with E-state index >= 15 is 0 Å². The Labute approximate surface area is 131 Å². The van der Waals surface area contributed by atoms with Crippen LogP contribution in [0.4, 0.5) is 0 Å². The predicted octanol–water partition coefficient (Wildman–Crippen LogP) is 2.50. The van der Waals surface area contributed by atoms with Gasteiger partial charge >= 0.3 is 0 Å². The Hall–Kier alpha value is -0.530. The number of sulfone groups is 1. The highest BCUT2D eigenvalue weighted by molar-refractivity contribution is 7.91. The van der Waals surface area contributed by atoms with Gasteiger partial charge in [-0.1, -0.05) is 6.42 Å². The highest BCUT2D eigenvalue weighted by Gasteiger charge is 2.32. The van der Waals surface area contributed by atoms with Crippen LogP contribution in [0.5, 0.6) is 0 Å². The predicted molar refractivity (Wildman–Crippen MR) is 86.4 cm³/mol. The Bertz CT molecular complexity index is 561. The van der Waals surface area contributed by atoms with E-state index in [1.807, 2.05) is 0 Å². The fourth-order valence-electron chi connectivity index (χ4n) is 2.43. The SMILES string of the molecule is CC(C)(C)NCCCc1nnc(C2CCCCS2(=O)=O)s1. The number of hydrogen-bond acceptors (Lipinski definition) is 6. The Morgan fingerprint density at radius 2 is 2.05 bits per heavy atom. The van der Waals surface area contributed by atoms with Crippen molar-refractivity contribution in [1.82, 2.24) is 15.5 Å². The summed E-state index contributed by atoms with van der Waals surface area (Å²) in [5, 5.41) is 13.0. The zero-order valence-corrected chi connectivity index (χ0v) is 14.7. The maximum absolute atomic E-state index is 12.1. The molecule has 5 nitrogen and oxygen atoms in total. The molecule has 1 N–H and O–H groups in total. The van der Waals surface area contributed by atoms with Crippen molar-refractivity contribution in [3.05, 3.63) is 10.0 Å². The van der Waals surface area contributed by atoms with Crippen molar-refractivity contribution in [2.24, 2.45) is 0 Å². The summed E-state index contributed by atoms with van der Waals surface area (Å²) in [7, 11) is -3.01. The Morgan fingerprint density at radius 1 is 1.29 bits per heavy atom. The lowest BCUT2D eigenvalue weighted by atomic mass is 10.1. The lowest BCUT2D eigenvalue weighted by molar-refractivity contribution is 0.422. The van der Waals surface area contributed by atoms with E-state index in [1.54, 1.807) is 0 Å². The number of nitrogens with zero attached hydrogens (tertiary/aromatic N) is 2. The van der Waals surface area contributed by atoms with Crippen LogP contribution in [0.15, 0.2) is 0 Å². The number of nitrogens with one attached hydrogen (secondary N) is 1. The molecule has 0 aliphatic carbocycles. The second-order valence-corrected chi connectivity index (χ2v) is 10.1. The van der Waals surface area contributed by atoms with Crippen molar-refractivity contribution in [2.75, 3.05) is 12.3 Å².